The molecule has 0 spiro atoms. The Balaban J connectivity index is 2.41. The molecule has 0 aliphatic carbocycles. The molecule has 0 atom stereocenters. The van der Waals surface area contributed by atoms with Gasteiger partial charge < -0.3 is 15.4 Å². The Morgan fingerprint density at radius 2 is 1.83 bits per heavy atom. The van der Waals surface area contributed by atoms with Gasteiger partial charge in [-0.3, -0.25) is 14.4 Å². The van der Waals surface area contributed by atoms with E-state index in [4.69, 9.17) is 27.9 Å². The summed E-state index contributed by atoms with van der Waals surface area (Å²) in [6.07, 6.45) is 0. The fourth-order valence-electron chi connectivity index (χ4n) is 1.57. The topological polar surface area (TPSA) is 84.5 Å². The summed E-state index contributed by atoms with van der Waals surface area (Å²) in [6.45, 7) is 4.64. The van der Waals surface area contributed by atoms with Crippen LogP contribution in [0.1, 0.15) is 31.1 Å². The molecule has 0 saturated carbocycles. The van der Waals surface area contributed by atoms with Crippen LogP contribution in [0.5, 0.6) is 0 Å². The lowest BCUT2D eigenvalue weighted by atomic mass is 10.1. The van der Waals surface area contributed by atoms with Crippen molar-refractivity contribution >= 4 is 41.0 Å². The summed E-state index contributed by atoms with van der Waals surface area (Å²) in [6, 6.07) is 4.38. The minimum absolute atomic E-state index is 0.174. The largest absolute Gasteiger partial charge is 0.454 e. The SMILES string of the molecule is CC(C)(C)NC(=O)COC(=O)CNC(=O)c1ccc(Cl)cc1Cl. The Bertz CT molecular complexity index is 612. The molecule has 0 aliphatic heterocycles. The van der Waals surface area contributed by atoms with Gasteiger partial charge in [-0.05, 0) is 39.0 Å². The normalized spacial score (nSPS) is 10.8. The van der Waals surface area contributed by atoms with Crippen molar-refractivity contribution in [3.05, 3.63) is 33.8 Å². The minimum atomic E-state index is -0.729. The van der Waals surface area contributed by atoms with Crippen molar-refractivity contribution in [1.82, 2.24) is 10.6 Å². The Hall–Kier alpha value is -1.79. The van der Waals surface area contributed by atoms with E-state index in [2.05, 4.69) is 10.6 Å². The highest BCUT2D eigenvalue weighted by atomic mass is 35.5. The molecule has 0 aliphatic rings. The van der Waals surface area contributed by atoms with Gasteiger partial charge in [0.05, 0.1) is 10.6 Å². The number of halogens is 2. The van der Waals surface area contributed by atoms with Crippen LogP contribution in [-0.2, 0) is 14.3 Å². The smallest absolute Gasteiger partial charge is 0.325 e. The summed E-state index contributed by atoms with van der Waals surface area (Å²) in [4.78, 5) is 34.9. The number of carbonyl (C=O) groups excluding carboxylic acids is 3. The fourth-order valence-corrected chi connectivity index (χ4v) is 2.07. The van der Waals surface area contributed by atoms with Crippen molar-refractivity contribution in [2.24, 2.45) is 0 Å². The molecule has 0 aromatic heterocycles. The lowest BCUT2D eigenvalue weighted by molar-refractivity contribution is -0.147. The van der Waals surface area contributed by atoms with Crippen molar-refractivity contribution in [3.8, 4) is 0 Å². The number of benzene rings is 1. The third-order valence-electron chi connectivity index (χ3n) is 2.45. The van der Waals surface area contributed by atoms with Gasteiger partial charge in [0.1, 0.15) is 6.54 Å². The number of hydrogen-bond acceptors (Lipinski definition) is 4. The summed E-state index contributed by atoms with van der Waals surface area (Å²) in [5.41, 5.74) is -0.224. The van der Waals surface area contributed by atoms with Crippen molar-refractivity contribution in [3.63, 3.8) is 0 Å². The van der Waals surface area contributed by atoms with Crippen LogP contribution in [0.15, 0.2) is 18.2 Å². The van der Waals surface area contributed by atoms with Gasteiger partial charge in [-0.2, -0.15) is 0 Å². The average Bonchev–Trinajstić information content (AvgIpc) is 2.40. The molecule has 0 radical (unpaired) electrons. The molecule has 6 nitrogen and oxygen atoms in total. The lowest BCUT2D eigenvalue weighted by Crippen LogP contribution is -2.43. The monoisotopic (exact) mass is 360 g/mol. The summed E-state index contributed by atoms with van der Waals surface area (Å²) in [7, 11) is 0. The van der Waals surface area contributed by atoms with Crippen LogP contribution in [0.3, 0.4) is 0 Å². The van der Waals surface area contributed by atoms with Crippen LogP contribution in [0, 0.1) is 0 Å². The number of nitrogens with one attached hydrogen (secondary N) is 2. The number of ether oxygens (including phenoxy) is 1. The van der Waals surface area contributed by atoms with E-state index in [1.54, 1.807) is 0 Å². The maximum atomic E-state index is 11.9. The second kappa shape index (κ2) is 8.17. The van der Waals surface area contributed by atoms with E-state index in [1.165, 1.54) is 18.2 Å². The molecule has 8 heteroatoms. The van der Waals surface area contributed by atoms with Crippen molar-refractivity contribution in [1.29, 1.82) is 0 Å². The molecule has 1 rings (SSSR count). The third kappa shape index (κ3) is 7.34. The fraction of sp³-hybridized carbons (Fsp3) is 0.400. The van der Waals surface area contributed by atoms with Crippen molar-refractivity contribution in [2.75, 3.05) is 13.2 Å². The average molecular weight is 361 g/mol. The van der Waals surface area contributed by atoms with Crippen LogP contribution < -0.4 is 10.6 Å². The minimum Gasteiger partial charge on any atom is -0.454 e. The number of hydrogen-bond donors (Lipinski definition) is 2. The number of carbonyl (C=O) groups is 3. The molecule has 0 heterocycles. The van der Waals surface area contributed by atoms with Gasteiger partial charge in [-0.25, -0.2) is 0 Å². The second-order valence-corrected chi connectivity index (χ2v) is 6.61. The number of amides is 2. The maximum Gasteiger partial charge on any atom is 0.325 e. The van der Waals surface area contributed by atoms with Crippen LogP contribution in [0.25, 0.3) is 0 Å². The van der Waals surface area contributed by atoms with E-state index >= 15 is 0 Å². The Morgan fingerprint density at radius 1 is 1.17 bits per heavy atom. The molecular formula is C15H18Cl2N2O4. The van der Waals surface area contributed by atoms with Gasteiger partial charge in [0, 0.05) is 10.6 Å². The highest BCUT2D eigenvalue weighted by Gasteiger charge is 2.16. The standard InChI is InChI=1S/C15H18Cl2N2O4/c1-15(2,3)19-12(20)8-23-13(21)7-18-14(22)10-5-4-9(16)6-11(10)17/h4-6H,7-8H2,1-3H3,(H,18,22)(H,19,20). The molecule has 23 heavy (non-hydrogen) atoms. The van der Waals surface area contributed by atoms with Gasteiger partial charge in [-0.1, -0.05) is 23.2 Å². The molecule has 1 aromatic rings. The zero-order valence-corrected chi connectivity index (χ0v) is 14.5. The molecule has 126 valence electrons. The van der Waals surface area contributed by atoms with E-state index < -0.39 is 29.9 Å². The van der Waals surface area contributed by atoms with E-state index in [-0.39, 0.29) is 17.1 Å². The second-order valence-electron chi connectivity index (χ2n) is 5.77. The summed E-state index contributed by atoms with van der Waals surface area (Å²) in [5, 5.41) is 5.58. The molecular weight excluding hydrogens is 343 g/mol. The molecule has 0 saturated heterocycles. The lowest BCUT2D eigenvalue weighted by Gasteiger charge is -2.20. The Labute approximate surface area is 144 Å². The first kappa shape index (κ1) is 19.3. The molecule has 1 aromatic carbocycles. The van der Waals surface area contributed by atoms with Gasteiger partial charge in [-0.15, -0.1) is 0 Å². The van der Waals surface area contributed by atoms with Gasteiger partial charge in [0.15, 0.2) is 6.61 Å². The van der Waals surface area contributed by atoms with Crippen molar-refractivity contribution < 1.29 is 19.1 Å². The first-order chi connectivity index (χ1) is 10.6. The van der Waals surface area contributed by atoms with E-state index in [9.17, 15) is 14.4 Å². The summed E-state index contributed by atoms with van der Waals surface area (Å²) in [5.74, 6) is -1.69. The summed E-state index contributed by atoms with van der Waals surface area (Å²) >= 11 is 11.6. The summed E-state index contributed by atoms with van der Waals surface area (Å²) < 4.78 is 4.77. The van der Waals surface area contributed by atoms with Crippen molar-refractivity contribution in [2.45, 2.75) is 26.3 Å². The predicted molar refractivity (Wildman–Crippen MR) is 87.6 cm³/mol. The van der Waals surface area contributed by atoms with Crippen LogP contribution in [0.2, 0.25) is 10.0 Å². The highest BCUT2D eigenvalue weighted by Crippen LogP contribution is 2.20. The quantitative estimate of drug-likeness (QED) is 0.788. The third-order valence-corrected chi connectivity index (χ3v) is 3.00. The predicted octanol–water partition coefficient (Wildman–Crippen LogP) is 2.18. The van der Waals surface area contributed by atoms with Gasteiger partial charge in [0.25, 0.3) is 11.8 Å². The first-order valence-corrected chi connectivity index (χ1v) is 7.54. The van der Waals surface area contributed by atoms with E-state index in [0.717, 1.165) is 0 Å². The van der Waals surface area contributed by atoms with Crippen LogP contribution in [-0.4, -0.2) is 36.5 Å². The van der Waals surface area contributed by atoms with Gasteiger partial charge >= 0.3 is 5.97 Å². The maximum absolute atomic E-state index is 11.9. The molecule has 2 N–H and O–H groups in total. The van der Waals surface area contributed by atoms with Gasteiger partial charge in [0.2, 0.25) is 0 Å². The zero-order chi connectivity index (χ0) is 17.6. The Kier molecular flexibility index (Phi) is 6.84. The van der Waals surface area contributed by atoms with E-state index in [1.807, 2.05) is 20.8 Å². The molecule has 0 bridgehead atoms. The van der Waals surface area contributed by atoms with Crippen LogP contribution in [0.4, 0.5) is 0 Å². The number of esters is 1. The highest BCUT2D eigenvalue weighted by molar-refractivity contribution is 6.36. The first-order valence-electron chi connectivity index (χ1n) is 6.78. The van der Waals surface area contributed by atoms with Crippen LogP contribution >= 0.6 is 23.2 Å². The number of rotatable bonds is 5. The molecule has 2 amide bonds. The molecule has 0 unspecified atom stereocenters. The zero-order valence-electron chi connectivity index (χ0n) is 13.0. The molecule has 0 fully saturated rings. The Morgan fingerprint density at radius 3 is 2.39 bits per heavy atom. The van der Waals surface area contributed by atoms with E-state index in [0.29, 0.717) is 5.02 Å².